The quantitative estimate of drug-likeness (QED) is 0.883. The molecule has 4 heteroatoms. The van der Waals surface area contributed by atoms with Gasteiger partial charge in [0, 0.05) is 25.9 Å². The van der Waals surface area contributed by atoms with Crippen LogP contribution in [0.15, 0.2) is 24.3 Å². The number of fused-ring (bicyclic) bond motifs is 1. The Labute approximate surface area is 114 Å². The summed E-state index contributed by atoms with van der Waals surface area (Å²) in [6.45, 7) is 6.01. The Morgan fingerprint density at radius 3 is 2.95 bits per heavy atom. The zero-order chi connectivity index (χ0) is 13.8. The molecule has 0 aliphatic carbocycles. The summed E-state index contributed by atoms with van der Waals surface area (Å²) in [5, 5.41) is 3.30. The molecule has 2 rings (SSSR count). The second-order valence-corrected chi connectivity index (χ2v) is 4.95. The molecule has 1 amide bonds. The third-order valence-corrected chi connectivity index (χ3v) is 3.69. The minimum atomic E-state index is -0.0737. The Kier molecular flexibility index (Phi) is 4.43. The number of nitrogens with zero attached hydrogens (tertiary/aromatic N) is 1. The molecule has 0 saturated heterocycles. The lowest BCUT2D eigenvalue weighted by molar-refractivity contribution is -0.135. The first-order valence-electron chi connectivity index (χ1n) is 6.81. The van der Waals surface area contributed by atoms with Crippen molar-refractivity contribution in [1.29, 1.82) is 0 Å². The van der Waals surface area contributed by atoms with E-state index < -0.39 is 0 Å². The average Bonchev–Trinajstić information content (AvgIpc) is 2.83. The molecule has 0 radical (unpaired) electrons. The van der Waals surface area contributed by atoms with E-state index in [9.17, 15) is 4.79 Å². The maximum atomic E-state index is 12.7. The lowest BCUT2D eigenvalue weighted by atomic mass is 9.99. The lowest BCUT2D eigenvalue weighted by Gasteiger charge is -2.30. The lowest BCUT2D eigenvalue weighted by Crippen LogP contribution is -2.43. The Balaban J connectivity index is 2.16. The highest BCUT2D eigenvalue weighted by atomic mass is 16.5. The largest absolute Gasteiger partial charge is 0.384 e. The molecule has 1 heterocycles. The Hall–Kier alpha value is -1.55. The van der Waals surface area contributed by atoms with E-state index in [1.54, 1.807) is 7.11 Å². The van der Waals surface area contributed by atoms with Gasteiger partial charge in [-0.2, -0.15) is 0 Å². The number of carbonyl (C=O) groups is 1. The average molecular weight is 262 g/mol. The number of methoxy groups -OCH3 is 1. The standard InChI is InChI=1S/C15H22N2O2/c1-4-17(11(2)10-19-3)15(18)13-9-16-14-8-6-5-7-12(13)14/h5-8,11,13,16H,4,9-10H2,1-3H3. The van der Waals surface area contributed by atoms with Gasteiger partial charge in [0.15, 0.2) is 0 Å². The highest BCUT2D eigenvalue weighted by Crippen LogP contribution is 2.32. The van der Waals surface area contributed by atoms with Gasteiger partial charge in [-0.3, -0.25) is 4.79 Å². The monoisotopic (exact) mass is 262 g/mol. The molecule has 0 aromatic heterocycles. The smallest absolute Gasteiger partial charge is 0.232 e. The van der Waals surface area contributed by atoms with Crippen LogP contribution in [0.2, 0.25) is 0 Å². The maximum Gasteiger partial charge on any atom is 0.232 e. The van der Waals surface area contributed by atoms with Gasteiger partial charge in [0.2, 0.25) is 5.91 Å². The first-order chi connectivity index (χ1) is 9.19. The molecule has 0 spiro atoms. The van der Waals surface area contributed by atoms with E-state index in [1.807, 2.05) is 43.0 Å². The molecule has 2 atom stereocenters. The van der Waals surface area contributed by atoms with Crippen molar-refractivity contribution in [2.45, 2.75) is 25.8 Å². The topological polar surface area (TPSA) is 41.6 Å². The second kappa shape index (κ2) is 6.06. The molecule has 2 unspecified atom stereocenters. The van der Waals surface area contributed by atoms with Crippen LogP contribution in [0, 0.1) is 0 Å². The summed E-state index contributed by atoms with van der Waals surface area (Å²) in [4.78, 5) is 14.6. The summed E-state index contributed by atoms with van der Waals surface area (Å²) >= 11 is 0. The first-order valence-corrected chi connectivity index (χ1v) is 6.81. The normalized spacial score (nSPS) is 18.6. The van der Waals surface area contributed by atoms with Gasteiger partial charge in [-0.15, -0.1) is 0 Å². The number of amides is 1. The van der Waals surface area contributed by atoms with Gasteiger partial charge in [0.05, 0.1) is 18.6 Å². The van der Waals surface area contributed by atoms with E-state index >= 15 is 0 Å². The van der Waals surface area contributed by atoms with Gasteiger partial charge in [-0.1, -0.05) is 18.2 Å². The van der Waals surface area contributed by atoms with Gasteiger partial charge < -0.3 is 15.0 Å². The van der Waals surface area contributed by atoms with Crippen molar-refractivity contribution < 1.29 is 9.53 Å². The van der Waals surface area contributed by atoms with Gasteiger partial charge in [0.1, 0.15) is 0 Å². The number of nitrogens with one attached hydrogen (secondary N) is 1. The van der Waals surface area contributed by atoms with Crippen molar-refractivity contribution in [3.05, 3.63) is 29.8 Å². The van der Waals surface area contributed by atoms with E-state index in [1.165, 1.54) is 0 Å². The summed E-state index contributed by atoms with van der Waals surface area (Å²) < 4.78 is 5.16. The van der Waals surface area contributed by atoms with Gasteiger partial charge in [-0.05, 0) is 25.5 Å². The Morgan fingerprint density at radius 2 is 2.26 bits per heavy atom. The molecular formula is C15H22N2O2. The van der Waals surface area contributed by atoms with Gasteiger partial charge in [0.25, 0.3) is 0 Å². The maximum absolute atomic E-state index is 12.7. The Bertz CT molecular complexity index is 448. The van der Waals surface area contributed by atoms with Crippen LogP contribution in [-0.2, 0) is 9.53 Å². The number of anilines is 1. The molecule has 4 nitrogen and oxygen atoms in total. The van der Waals surface area contributed by atoms with E-state index in [4.69, 9.17) is 4.74 Å². The number of rotatable bonds is 5. The van der Waals surface area contributed by atoms with Crippen LogP contribution in [0.25, 0.3) is 0 Å². The van der Waals surface area contributed by atoms with Crippen LogP contribution in [0.5, 0.6) is 0 Å². The SMILES string of the molecule is CCN(C(=O)C1CNc2ccccc21)C(C)COC. The fourth-order valence-electron chi connectivity index (χ4n) is 2.72. The molecule has 0 saturated carbocycles. The third kappa shape index (κ3) is 2.73. The van der Waals surface area contributed by atoms with Crippen molar-refractivity contribution >= 4 is 11.6 Å². The van der Waals surface area contributed by atoms with E-state index in [-0.39, 0.29) is 17.9 Å². The van der Waals surface area contributed by atoms with Crippen molar-refractivity contribution in [3.8, 4) is 0 Å². The number of carbonyl (C=O) groups excluding carboxylic acids is 1. The summed E-state index contributed by atoms with van der Waals surface area (Å²) in [5.41, 5.74) is 2.19. The molecule has 19 heavy (non-hydrogen) atoms. The fraction of sp³-hybridized carbons (Fsp3) is 0.533. The van der Waals surface area contributed by atoms with Gasteiger partial charge in [-0.25, -0.2) is 0 Å². The zero-order valence-corrected chi connectivity index (χ0v) is 11.8. The van der Waals surface area contributed by atoms with Crippen LogP contribution in [-0.4, -0.2) is 43.7 Å². The highest BCUT2D eigenvalue weighted by molar-refractivity contribution is 5.88. The molecule has 1 aromatic carbocycles. The zero-order valence-electron chi connectivity index (χ0n) is 11.8. The molecule has 0 fully saturated rings. The van der Waals surface area contributed by atoms with Crippen molar-refractivity contribution in [2.24, 2.45) is 0 Å². The summed E-state index contributed by atoms with van der Waals surface area (Å²) in [6.07, 6.45) is 0. The first kappa shape index (κ1) is 13.9. The number of ether oxygens (including phenoxy) is 1. The minimum absolute atomic E-state index is 0.0737. The number of benzene rings is 1. The molecule has 1 N–H and O–H groups in total. The van der Waals surface area contributed by atoms with Crippen LogP contribution in [0.4, 0.5) is 5.69 Å². The van der Waals surface area contributed by atoms with Gasteiger partial charge >= 0.3 is 0 Å². The molecular weight excluding hydrogens is 240 g/mol. The third-order valence-electron chi connectivity index (χ3n) is 3.69. The van der Waals surface area contributed by atoms with Crippen molar-refractivity contribution in [3.63, 3.8) is 0 Å². The molecule has 0 bridgehead atoms. The van der Waals surface area contributed by atoms with E-state index in [2.05, 4.69) is 5.32 Å². The predicted molar refractivity (Wildman–Crippen MR) is 76.4 cm³/mol. The van der Waals surface area contributed by atoms with Crippen LogP contribution in [0.3, 0.4) is 0 Å². The Morgan fingerprint density at radius 1 is 1.53 bits per heavy atom. The minimum Gasteiger partial charge on any atom is -0.384 e. The van der Waals surface area contributed by atoms with E-state index in [0.717, 1.165) is 11.3 Å². The van der Waals surface area contributed by atoms with Crippen LogP contribution < -0.4 is 5.32 Å². The van der Waals surface area contributed by atoms with E-state index in [0.29, 0.717) is 19.7 Å². The second-order valence-electron chi connectivity index (χ2n) is 4.95. The summed E-state index contributed by atoms with van der Waals surface area (Å²) in [5.74, 6) is 0.111. The van der Waals surface area contributed by atoms with Crippen LogP contribution >= 0.6 is 0 Å². The molecule has 1 aromatic rings. The number of hydrogen-bond acceptors (Lipinski definition) is 3. The van der Waals surface area contributed by atoms with Crippen LogP contribution in [0.1, 0.15) is 25.3 Å². The predicted octanol–water partition coefficient (Wildman–Crippen LogP) is 2.08. The summed E-state index contributed by atoms with van der Waals surface area (Å²) in [7, 11) is 1.67. The van der Waals surface area contributed by atoms with Crippen molar-refractivity contribution in [2.75, 3.05) is 32.1 Å². The fourth-order valence-corrected chi connectivity index (χ4v) is 2.72. The highest BCUT2D eigenvalue weighted by Gasteiger charge is 2.32. The molecule has 1 aliphatic rings. The number of hydrogen-bond donors (Lipinski definition) is 1. The summed E-state index contributed by atoms with van der Waals surface area (Å²) in [6, 6.07) is 8.14. The number of para-hydroxylation sites is 1. The van der Waals surface area contributed by atoms with Crippen molar-refractivity contribution in [1.82, 2.24) is 4.90 Å². The molecule has 1 aliphatic heterocycles. The molecule has 104 valence electrons. The number of likely N-dealkylation sites (N-methyl/N-ethyl adjacent to an activating group) is 1.